The second-order valence-electron chi connectivity index (χ2n) is 6.14. The Morgan fingerprint density at radius 3 is 2.60 bits per heavy atom. The van der Waals surface area contributed by atoms with E-state index in [1.54, 1.807) is 0 Å². The third-order valence-corrected chi connectivity index (χ3v) is 4.38. The normalized spacial score (nSPS) is 16.5. The first kappa shape index (κ1) is 19.2. The average Bonchev–Trinajstić information content (AvgIpc) is 3.17. The molecule has 25 heavy (non-hydrogen) atoms. The maximum Gasteiger partial charge on any atom is 0.307 e. The predicted molar refractivity (Wildman–Crippen MR) is 101 cm³/mol. The molecule has 1 aromatic rings. The fourth-order valence-electron chi connectivity index (χ4n) is 3.06. The van der Waals surface area contributed by atoms with Crippen LogP contribution in [0.15, 0.2) is 35.3 Å². The first-order chi connectivity index (χ1) is 12.2. The van der Waals surface area contributed by atoms with Crippen molar-refractivity contribution >= 4 is 11.9 Å². The number of aliphatic imine (C=N–C) groups is 1. The Hall–Kier alpha value is -2.08. The average molecular weight is 346 g/mol. The van der Waals surface area contributed by atoms with Gasteiger partial charge in [0, 0.05) is 13.1 Å². The third kappa shape index (κ3) is 6.38. The van der Waals surface area contributed by atoms with Gasteiger partial charge in [0.1, 0.15) is 0 Å². The smallest absolute Gasteiger partial charge is 0.307 e. The molecule has 1 saturated heterocycles. The summed E-state index contributed by atoms with van der Waals surface area (Å²) >= 11 is 0. The van der Waals surface area contributed by atoms with Crippen molar-refractivity contribution in [3.05, 3.63) is 35.9 Å². The van der Waals surface area contributed by atoms with E-state index in [0.717, 1.165) is 25.6 Å². The highest BCUT2D eigenvalue weighted by atomic mass is 16.5. The SMILES string of the molecule is CCNC(=NCC(c1ccccc1)N1CCCC1)NCCC(=O)OC. The summed E-state index contributed by atoms with van der Waals surface area (Å²) in [6.45, 7) is 6.27. The summed E-state index contributed by atoms with van der Waals surface area (Å²) in [5, 5.41) is 6.44. The standard InChI is InChI=1S/C19H30N4O2/c1-3-20-19(21-12-11-18(24)25-2)22-15-17(23-13-7-8-14-23)16-9-5-4-6-10-16/h4-6,9-10,17H,3,7-8,11-15H2,1-2H3,(H2,20,21,22). The van der Waals surface area contributed by atoms with Gasteiger partial charge in [-0.05, 0) is 38.4 Å². The summed E-state index contributed by atoms with van der Waals surface area (Å²) in [5.74, 6) is 0.522. The summed E-state index contributed by atoms with van der Waals surface area (Å²) in [6, 6.07) is 10.9. The van der Waals surface area contributed by atoms with Gasteiger partial charge in [-0.1, -0.05) is 30.3 Å². The fraction of sp³-hybridized carbons (Fsp3) is 0.579. The number of esters is 1. The van der Waals surface area contributed by atoms with Crippen molar-refractivity contribution in [2.45, 2.75) is 32.2 Å². The largest absolute Gasteiger partial charge is 0.469 e. The van der Waals surface area contributed by atoms with Crippen LogP contribution < -0.4 is 10.6 Å². The zero-order chi connectivity index (χ0) is 17.9. The lowest BCUT2D eigenvalue weighted by molar-refractivity contribution is -0.140. The van der Waals surface area contributed by atoms with Crippen LogP contribution in [0.4, 0.5) is 0 Å². The number of hydrogen-bond donors (Lipinski definition) is 2. The molecule has 6 nitrogen and oxygen atoms in total. The van der Waals surface area contributed by atoms with Crippen LogP contribution in [0.2, 0.25) is 0 Å². The van der Waals surface area contributed by atoms with Crippen LogP contribution in [0.1, 0.15) is 37.8 Å². The Bertz CT molecular complexity index is 542. The second kappa shape index (κ2) is 10.7. The maximum atomic E-state index is 11.2. The van der Waals surface area contributed by atoms with Gasteiger partial charge in [0.25, 0.3) is 0 Å². The van der Waals surface area contributed by atoms with E-state index in [2.05, 4.69) is 44.5 Å². The molecule has 0 aliphatic carbocycles. The zero-order valence-electron chi connectivity index (χ0n) is 15.3. The van der Waals surface area contributed by atoms with Gasteiger partial charge in [0.05, 0.1) is 26.1 Å². The molecule has 1 aromatic carbocycles. The number of carbonyl (C=O) groups excluding carboxylic acids is 1. The fourth-order valence-corrected chi connectivity index (χ4v) is 3.06. The maximum absolute atomic E-state index is 11.2. The number of carbonyl (C=O) groups is 1. The van der Waals surface area contributed by atoms with Crippen molar-refractivity contribution in [3.63, 3.8) is 0 Å². The van der Waals surface area contributed by atoms with E-state index in [-0.39, 0.29) is 5.97 Å². The molecule has 2 N–H and O–H groups in total. The van der Waals surface area contributed by atoms with Crippen molar-refractivity contribution in [2.24, 2.45) is 4.99 Å². The van der Waals surface area contributed by atoms with E-state index >= 15 is 0 Å². The quantitative estimate of drug-likeness (QED) is 0.428. The van der Waals surface area contributed by atoms with E-state index < -0.39 is 0 Å². The number of guanidine groups is 1. The van der Waals surface area contributed by atoms with E-state index in [1.807, 2.05) is 13.0 Å². The van der Waals surface area contributed by atoms with Crippen molar-refractivity contribution in [1.29, 1.82) is 0 Å². The molecule has 2 rings (SSSR count). The van der Waals surface area contributed by atoms with E-state index in [0.29, 0.717) is 25.6 Å². The van der Waals surface area contributed by atoms with Crippen LogP contribution in [-0.4, -0.2) is 56.7 Å². The summed E-state index contributed by atoms with van der Waals surface area (Å²) in [5.41, 5.74) is 1.30. The number of nitrogens with one attached hydrogen (secondary N) is 2. The van der Waals surface area contributed by atoms with Gasteiger partial charge in [-0.2, -0.15) is 0 Å². The molecule has 1 aliphatic heterocycles. The number of likely N-dealkylation sites (tertiary alicyclic amines) is 1. The first-order valence-electron chi connectivity index (χ1n) is 9.12. The topological polar surface area (TPSA) is 66.0 Å². The minimum atomic E-state index is -0.220. The minimum Gasteiger partial charge on any atom is -0.469 e. The molecule has 1 heterocycles. The van der Waals surface area contributed by atoms with Crippen LogP contribution in [0, 0.1) is 0 Å². The summed E-state index contributed by atoms with van der Waals surface area (Å²) in [6.07, 6.45) is 2.84. The molecule has 1 unspecified atom stereocenters. The summed E-state index contributed by atoms with van der Waals surface area (Å²) < 4.78 is 4.67. The highest BCUT2D eigenvalue weighted by Crippen LogP contribution is 2.25. The van der Waals surface area contributed by atoms with E-state index in [4.69, 9.17) is 4.99 Å². The molecule has 1 atom stereocenters. The Labute approximate surface area is 150 Å². The van der Waals surface area contributed by atoms with Gasteiger partial charge < -0.3 is 15.4 Å². The molecule has 0 aromatic heterocycles. The lowest BCUT2D eigenvalue weighted by Gasteiger charge is -2.27. The van der Waals surface area contributed by atoms with E-state index in [9.17, 15) is 4.79 Å². The Morgan fingerprint density at radius 2 is 1.96 bits per heavy atom. The van der Waals surface area contributed by atoms with Crippen molar-refractivity contribution in [1.82, 2.24) is 15.5 Å². The van der Waals surface area contributed by atoms with Gasteiger partial charge in [0.2, 0.25) is 0 Å². The molecule has 0 spiro atoms. The second-order valence-corrected chi connectivity index (χ2v) is 6.14. The number of ether oxygens (including phenoxy) is 1. The van der Waals surface area contributed by atoms with Gasteiger partial charge in [-0.3, -0.25) is 14.7 Å². The van der Waals surface area contributed by atoms with Crippen LogP contribution >= 0.6 is 0 Å². The van der Waals surface area contributed by atoms with E-state index in [1.165, 1.54) is 25.5 Å². The lowest BCUT2D eigenvalue weighted by atomic mass is 10.1. The molecule has 0 bridgehead atoms. The molecule has 0 amide bonds. The number of benzene rings is 1. The summed E-state index contributed by atoms with van der Waals surface area (Å²) in [7, 11) is 1.40. The molecule has 1 aliphatic rings. The molecule has 6 heteroatoms. The van der Waals surface area contributed by atoms with Gasteiger partial charge in [0.15, 0.2) is 5.96 Å². The predicted octanol–water partition coefficient (Wildman–Crippen LogP) is 1.94. The number of hydrogen-bond acceptors (Lipinski definition) is 4. The summed E-state index contributed by atoms with van der Waals surface area (Å²) in [4.78, 5) is 18.5. The monoisotopic (exact) mass is 346 g/mol. The Balaban J connectivity index is 2.01. The minimum absolute atomic E-state index is 0.220. The molecular weight excluding hydrogens is 316 g/mol. The Morgan fingerprint density at radius 1 is 1.24 bits per heavy atom. The van der Waals surface area contributed by atoms with Gasteiger partial charge in [-0.25, -0.2) is 0 Å². The van der Waals surface area contributed by atoms with Crippen molar-refractivity contribution < 1.29 is 9.53 Å². The van der Waals surface area contributed by atoms with Crippen LogP contribution in [-0.2, 0) is 9.53 Å². The number of methoxy groups -OCH3 is 1. The van der Waals surface area contributed by atoms with Gasteiger partial charge >= 0.3 is 5.97 Å². The molecular formula is C19H30N4O2. The Kier molecular flexibility index (Phi) is 8.25. The number of nitrogens with zero attached hydrogens (tertiary/aromatic N) is 2. The van der Waals surface area contributed by atoms with Gasteiger partial charge in [-0.15, -0.1) is 0 Å². The zero-order valence-corrected chi connectivity index (χ0v) is 15.3. The molecule has 0 radical (unpaired) electrons. The van der Waals surface area contributed by atoms with Crippen LogP contribution in [0.5, 0.6) is 0 Å². The highest BCUT2D eigenvalue weighted by Gasteiger charge is 2.23. The van der Waals surface area contributed by atoms with Crippen LogP contribution in [0.25, 0.3) is 0 Å². The molecule has 1 fully saturated rings. The molecule has 138 valence electrons. The lowest BCUT2D eigenvalue weighted by Crippen LogP contribution is -2.39. The molecule has 0 saturated carbocycles. The first-order valence-corrected chi connectivity index (χ1v) is 9.12. The van der Waals surface area contributed by atoms with Crippen molar-refractivity contribution in [2.75, 3.05) is 39.8 Å². The number of rotatable bonds is 8. The highest BCUT2D eigenvalue weighted by molar-refractivity contribution is 5.80. The van der Waals surface area contributed by atoms with Crippen molar-refractivity contribution in [3.8, 4) is 0 Å². The third-order valence-electron chi connectivity index (χ3n) is 4.38. The van der Waals surface area contributed by atoms with Crippen LogP contribution in [0.3, 0.4) is 0 Å².